The lowest BCUT2D eigenvalue weighted by atomic mass is 10.3. The number of amides is 1. The summed E-state index contributed by atoms with van der Waals surface area (Å²) in [6.45, 7) is -0.819. The van der Waals surface area contributed by atoms with Gasteiger partial charge in [0, 0.05) is 0 Å². The predicted molar refractivity (Wildman–Crippen MR) is 69.5 cm³/mol. The van der Waals surface area contributed by atoms with E-state index in [1.54, 1.807) is 31.4 Å². The number of carbonyl (C=O) groups excluding carboxylic acids is 2. The van der Waals surface area contributed by atoms with Crippen molar-refractivity contribution in [3.63, 3.8) is 0 Å². The van der Waals surface area contributed by atoms with Crippen LogP contribution in [0.5, 0.6) is 11.5 Å². The van der Waals surface area contributed by atoms with Gasteiger partial charge < -0.3 is 24.6 Å². The van der Waals surface area contributed by atoms with Crippen LogP contribution in [0.15, 0.2) is 24.3 Å². The normalized spacial score (nSPS) is 11.3. The average molecular weight is 283 g/mol. The Morgan fingerprint density at radius 1 is 1.20 bits per heavy atom. The maximum atomic E-state index is 11.5. The molecule has 1 aromatic rings. The van der Waals surface area contributed by atoms with Crippen LogP contribution in [0.3, 0.4) is 0 Å². The molecule has 0 aliphatic heterocycles. The minimum Gasteiger partial charge on any atom is -0.497 e. The van der Waals surface area contributed by atoms with Crippen molar-refractivity contribution in [2.75, 3.05) is 27.4 Å². The van der Waals surface area contributed by atoms with Gasteiger partial charge >= 0.3 is 5.97 Å². The Balaban J connectivity index is 2.43. The zero-order valence-corrected chi connectivity index (χ0v) is 11.3. The highest BCUT2D eigenvalue weighted by atomic mass is 16.5. The summed E-state index contributed by atoms with van der Waals surface area (Å²) in [7, 11) is 2.72. The minimum atomic E-state index is -1.09. The van der Waals surface area contributed by atoms with E-state index in [-0.39, 0.29) is 6.61 Å². The number of carbonyl (C=O) groups is 2. The molecule has 0 bridgehead atoms. The smallest absolute Gasteiger partial charge is 0.330 e. The molecule has 0 aromatic heterocycles. The average Bonchev–Trinajstić information content (AvgIpc) is 2.50. The summed E-state index contributed by atoms with van der Waals surface area (Å²) in [5, 5.41) is 11.2. The SMILES string of the molecule is COC(=O)[C@@H](CO)NC(=O)COc1ccc(OC)cc1. The zero-order valence-electron chi connectivity index (χ0n) is 11.3. The van der Waals surface area contributed by atoms with Gasteiger partial charge in [-0.1, -0.05) is 0 Å². The van der Waals surface area contributed by atoms with Crippen molar-refractivity contribution >= 4 is 11.9 Å². The highest BCUT2D eigenvalue weighted by molar-refractivity contribution is 5.85. The number of benzene rings is 1. The number of methoxy groups -OCH3 is 2. The molecule has 7 heteroatoms. The topological polar surface area (TPSA) is 94.1 Å². The highest BCUT2D eigenvalue weighted by Gasteiger charge is 2.20. The molecule has 20 heavy (non-hydrogen) atoms. The van der Waals surface area contributed by atoms with Gasteiger partial charge in [-0.25, -0.2) is 4.79 Å². The first kappa shape index (κ1) is 15.8. The quantitative estimate of drug-likeness (QED) is 0.669. The van der Waals surface area contributed by atoms with E-state index in [0.29, 0.717) is 11.5 Å². The molecular formula is C13H17NO6. The monoisotopic (exact) mass is 283 g/mol. The molecule has 1 aromatic carbocycles. The lowest BCUT2D eigenvalue weighted by molar-refractivity contribution is -0.146. The van der Waals surface area contributed by atoms with Crippen molar-refractivity contribution in [1.82, 2.24) is 5.32 Å². The van der Waals surface area contributed by atoms with Crippen molar-refractivity contribution in [1.29, 1.82) is 0 Å². The molecule has 0 saturated heterocycles. The number of hydrogen-bond acceptors (Lipinski definition) is 6. The van der Waals surface area contributed by atoms with Crippen LogP contribution in [0.1, 0.15) is 0 Å². The third kappa shape index (κ3) is 4.77. The second kappa shape index (κ2) is 8.00. The number of aliphatic hydroxyl groups is 1. The molecule has 1 rings (SSSR count). The molecule has 0 heterocycles. The van der Waals surface area contributed by atoms with Gasteiger partial charge in [0.2, 0.25) is 0 Å². The number of nitrogens with one attached hydrogen (secondary N) is 1. The van der Waals surface area contributed by atoms with Gasteiger partial charge in [0.05, 0.1) is 20.8 Å². The second-order valence-electron chi connectivity index (χ2n) is 3.79. The van der Waals surface area contributed by atoms with Gasteiger partial charge in [-0.15, -0.1) is 0 Å². The van der Waals surface area contributed by atoms with Gasteiger partial charge in [-0.05, 0) is 24.3 Å². The standard InChI is InChI=1S/C13H17NO6/c1-18-9-3-5-10(6-4-9)20-8-12(16)14-11(7-15)13(17)19-2/h3-6,11,15H,7-8H2,1-2H3,(H,14,16)/t11-/m1/s1. The Bertz CT molecular complexity index is 445. The van der Waals surface area contributed by atoms with Crippen molar-refractivity contribution in [3.05, 3.63) is 24.3 Å². The Hall–Kier alpha value is -2.28. The van der Waals surface area contributed by atoms with Crippen LogP contribution in [-0.2, 0) is 14.3 Å². The molecule has 0 fully saturated rings. The molecule has 1 atom stereocenters. The summed E-state index contributed by atoms with van der Waals surface area (Å²) in [4.78, 5) is 22.7. The van der Waals surface area contributed by atoms with Crippen molar-refractivity contribution in [3.8, 4) is 11.5 Å². The first-order chi connectivity index (χ1) is 9.60. The number of aliphatic hydroxyl groups excluding tert-OH is 1. The molecule has 0 unspecified atom stereocenters. The summed E-state index contributed by atoms with van der Waals surface area (Å²) in [6, 6.07) is 5.59. The van der Waals surface area contributed by atoms with Crippen molar-refractivity contribution in [2.45, 2.75) is 6.04 Å². The van der Waals surface area contributed by atoms with Crippen LogP contribution in [0.25, 0.3) is 0 Å². The largest absolute Gasteiger partial charge is 0.497 e. The number of ether oxygens (including phenoxy) is 3. The molecule has 0 radical (unpaired) electrons. The Kier molecular flexibility index (Phi) is 6.31. The lowest BCUT2D eigenvalue weighted by Crippen LogP contribution is -2.45. The van der Waals surface area contributed by atoms with E-state index in [4.69, 9.17) is 14.6 Å². The maximum Gasteiger partial charge on any atom is 0.330 e. The third-order valence-electron chi connectivity index (χ3n) is 2.43. The van der Waals surface area contributed by atoms with Crippen LogP contribution in [-0.4, -0.2) is 50.5 Å². The Morgan fingerprint density at radius 3 is 2.30 bits per heavy atom. The molecule has 0 aliphatic rings. The lowest BCUT2D eigenvalue weighted by Gasteiger charge is -2.14. The fraction of sp³-hybridized carbons (Fsp3) is 0.385. The van der Waals surface area contributed by atoms with Crippen LogP contribution < -0.4 is 14.8 Å². The number of esters is 1. The van der Waals surface area contributed by atoms with E-state index in [9.17, 15) is 9.59 Å². The van der Waals surface area contributed by atoms with Gasteiger partial charge in [0.1, 0.15) is 11.5 Å². The zero-order chi connectivity index (χ0) is 15.0. The van der Waals surface area contributed by atoms with Crippen LogP contribution in [0, 0.1) is 0 Å². The van der Waals surface area contributed by atoms with Crippen LogP contribution in [0.2, 0.25) is 0 Å². The van der Waals surface area contributed by atoms with Crippen LogP contribution >= 0.6 is 0 Å². The molecule has 0 saturated carbocycles. The van der Waals surface area contributed by atoms with Crippen LogP contribution in [0.4, 0.5) is 0 Å². The van der Waals surface area contributed by atoms with Crippen molar-refractivity contribution < 1.29 is 28.9 Å². The second-order valence-corrected chi connectivity index (χ2v) is 3.79. The third-order valence-corrected chi connectivity index (χ3v) is 2.43. The molecule has 110 valence electrons. The molecular weight excluding hydrogens is 266 g/mol. The van der Waals surface area contributed by atoms with Gasteiger partial charge in [-0.2, -0.15) is 0 Å². The molecule has 1 amide bonds. The highest BCUT2D eigenvalue weighted by Crippen LogP contribution is 2.16. The molecule has 2 N–H and O–H groups in total. The Labute approximate surface area is 116 Å². The molecule has 0 aliphatic carbocycles. The molecule has 7 nitrogen and oxygen atoms in total. The fourth-order valence-electron chi connectivity index (χ4n) is 1.38. The summed E-state index contributed by atoms with van der Waals surface area (Å²) >= 11 is 0. The Morgan fingerprint density at radius 2 is 1.80 bits per heavy atom. The predicted octanol–water partition coefficient (Wildman–Crippen LogP) is -0.276. The van der Waals surface area contributed by atoms with Gasteiger partial charge in [-0.3, -0.25) is 4.79 Å². The van der Waals surface area contributed by atoms with E-state index in [2.05, 4.69) is 10.1 Å². The van der Waals surface area contributed by atoms with E-state index in [0.717, 1.165) is 0 Å². The first-order valence-electron chi connectivity index (χ1n) is 5.85. The fourth-order valence-corrected chi connectivity index (χ4v) is 1.38. The summed E-state index contributed by atoms with van der Waals surface area (Å²) in [5.41, 5.74) is 0. The summed E-state index contributed by atoms with van der Waals surface area (Å²) < 4.78 is 14.6. The summed E-state index contributed by atoms with van der Waals surface area (Å²) in [6.07, 6.45) is 0. The van der Waals surface area contributed by atoms with Gasteiger partial charge in [0.15, 0.2) is 12.6 Å². The number of hydrogen-bond donors (Lipinski definition) is 2. The summed E-state index contributed by atoms with van der Waals surface area (Å²) in [5.74, 6) is -0.0945. The van der Waals surface area contributed by atoms with Crippen molar-refractivity contribution in [2.24, 2.45) is 0 Å². The molecule has 0 spiro atoms. The maximum absolute atomic E-state index is 11.5. The number of rotatable bonds is 7. The van der Waals surface area contributed by atoms with E-state index in [1.807, 2.05) is 0 Å². The van der Waals surface area contributed by atoms with Gasteiger partial charge in [0.25, 0.3) is 5.91 Å². The minimum absolute atomic E-state index is 0.278. The van der Waals surface area contributed by atoms with E-state index >= 15 is 0 Å². The first-order valence-corrected chi connectivity index (χ1v) is 5.85. The van der Waals surface area contributed by atoms with E-state index < -0.39 is 24.5 Å². The van der Waals surface area contributed by atoms with E-state index in [1.165, 1.54) is 7.11 Å².